The normalized spacial score (nSPS) is 14.0. The molecule has 6 heteroatoms. The maximum atomic E-state index is 12.7. The van der Waals surface area contributed by atoms with E-state index < -0.39 is 5.97 Å². The molecule has 6 nitrogen and oxygen atoms in total. The van der Waals surface area contributed by atoms with E-state index in [9.17, 15) is 9.59 Å². The van der Waals surface area contributed by atoms with Crippen molar-refractivity contribution in [2.24, 2.45) is 0 Å². The SMILES string of the molecule is CCOC(=O)c1ccccc1Nc1cc(C(=O)N2CCCCC2)ccn1. The molecule has 0 atom stereocenters. The summed E-state index contributed by atoms with van der Waals surface area (Å²) in [6.45, 7) is 3.68. The molecule has 1 aliphatic rings. The third kappa shape index (κ3) is 4.20. The third-order valence-electron chi connectivity index (χ3n) is 4.34. The Labute approximate surface area is 153 Å². The molecule has 1 aromatic carbocycles. The van der Waals surface area contributed by atoms with Crippen molar-refractivity contribution >= 4 is 23.4 Å². The van der Waals surface area contributed by atoms with Gasteiger partial charge in [0.25, 0.3) is 5.91 Å². The number of pyridine rings is 1. The summed E-state index contributed by atoms with van der Waals surface area (Å²) >= 11 is 0. The van der Waals surface area contributed by atoms with Crippen LogP contribution in [0, 0.1) is 0 Å². The van der Waals surface area contributed by atoms with Gasteiger partial charge in [-0.25, -0.2) is 9.78 Å². The summed E-state index contributed by atoms with van der Waals surface area (Å²) in [5, 5.41) is 3.13. The standard InChI is InChI=1S/C20H23N3O3/c1-2-26-20(25)16-8-4-5-9-17(16)22-18-14-15(10-11-21-18)19(24)23-12-6-3-7-13-23/h4-5,8-11,14H,2-3,6-7,12-13H2,1H3,(H,21,22). The molecule has 0 spiro atoms. The van der Waals surface area contributed by atoms with Gasteiger partial charge in [0.15, 0.2) is 0 Å². The van der Waals surface area contributed by atoms with Gasteiger partial charge in [-0.3, -0.25) is 4.79 Å². The molecule has 0 saturated carbocycles. The molecule has 0 radical (unpaired) electrons. The lowest BCUT2D eigenvalue weighted by atomic mass is 10.1. The van der Waals surface area contributed by atoms with E-state index in [-0.39, 0.29) is 5.91 Å². The molecule has 2 heterocycles. The van der Waals surface area contributed by atoms with Gasteiger partial charge in [-0.1, -0.05) is 12.1 Å². The molecule has 0 bridgehead atoms. The predicted molar refractivity (Wildman–Crippen MR) is 99.7 cm³/mol. The number of anilines is 2. The van der Waals surface area contributed by atoms with Crippen LogP contribution in [-0.4, -0.2) is 41.5 Å². The van der Waals surface area contributed by atoms with Crippen LogP contribution in [0.4, 0.5) is 11.5 Å². The van der Waals surface area contributed by atoms with Crippen LogP contribution in [0.3, 0.4) is 0 Å². The van der Waals surface area contributed by atoms with Crippen molar-refractivity contribution < 1.29 is 14.3 Å². The molecule has 1 fully saturated rings. The van der Waals surface area contributed by atoms with E-state index in [0.29, 0.717) is 29.2 Å². The Morgan fingerprint density at radius 1 is 1.15 bits per heavy atom. The molecule has 1 amide bonds. The predicted octanol–water partition coefficient (Wildman–Crippen LogP) is 3.63. The molecule has 26 heavy (non-hydrogen) atoms. The molecule has 1 aliphatic heterocycles. The van der Waals surface area contributed by atoms with Crippen LogP contribution >= 0.6 is 0 Å². The van der Waals surface area contributed by atoms with E-state index in [1.54, 1.807) is 43.5 Å². The van der Waals surface area contributed by atoms with Crippen LogP contribution in [-0.2, 0) is 4.74 Å². The number of hydrogen-bond acceptors (Lipinski definition) is 5. The summed E-state index contributed by atoms with van der Waals surface area (Å²) in [5.41, 5.74) is 1.63. The number of benzene rings is 1. The summed E-state index contributed by atoms with van der Waals surface area (Å²) in [6, 6.07) is 10.5. The van der Waals surface area contributed by atoms with Crippen LogP contribution in [0.15, 0.2) is 42.6 Å². The fraction of sp³-hybridized carbons (Fsp3) is 0.350. The van der Waals surface area contributed by atoms with E-state index in [2.05, 4.69) is 10.3 Å². The Hall–Kier alpha value is -2.89. The summed E-state index contributed by atoms with van der Waals surface area (Å²) < 4.78 is 5.09. The molecule has 136 valence electrons. The highest BCUT2D eigenvalue weighted by Crippen LogP contribution is 2.22. The number of likely N-dealkylation sites (tertiary alicyclic amines) is 1. The van der Waals surface area contributed by atoms with Crippen LogP contribution < -0.4 is 5.32 Å². The van der Waals surface area contributed by atoms with Gasteiger partial charge >= 0.3 is 5.97 Å². The van der Waals surface area contributed by atoms with Gasteiger partial charge in [-0.05, 0) is 50.5 Å². The number of rotatable bonds is 5. The number of nitrogens with one attached hydrogen (secondary N) is 1. The van der Waals surface area contributed by atoms with Gasteiger partial charge in [-0.15, -0.1) is 0 Å². The Balaban J connectivity index is 1.79. The Morgan fingerprint density at radius 2 is 1.92 bits per heavy atom. The average molecular weight is 353 g/mol. The van der Waals surface area contributed by atoms with Gasteiger partial charge in [0.2, 0.25) is 0 Å². The van der Waals surface area contributed by atoms with E-state index >= 15 is 0 Å². The second-order valence-electron chi connectivity index (χ2n) is 6.17. The van der Waals surface area contributed by atoms with Crippen molar-refractivity contribution in [1.82, 2.24) is 9.88 Å². The zero-order valence-corrected chi connectivity index (χ0v) is 14.9. The molecule has 1 N–H and O–H groups in total. The Bertz CT molecular complexity index is 785. The third-order valence-corrected chi connectivity index (χ3v) is 4.34. The van der Waals surface area contributed by atoms with Crippen molar-refractivity contribution in [3.63, 3.8) is 0 Å². The van der Waals surface area contributed by atoms with Gasteiger partial charge in [0, 0.05) is 24.8 Å². The van der Waals surface area contributed by atoms with E-state index in [1.165, 1.54) is 6.42 Å². The van der Waals surface area contributed by atoms with Crippen LogP contribution in [0.2, 0.25) is 0 Å². The highest BCUT2D eigenvalue weighted by atomic mass is 16.5. The summed E-state index contributed by atoms with van der Waals surface area (Å²) in [7, 11) is 0. The number of carbonyl (C=O) groups excluding carboxylic acids is 2. The molecular formula is C20H23N3O3. The lowest BCUT2D eigenvalue weighted by molar-refractivity contribution is 0.0527. The number of ether oxygens (including phenoxy) is 1. The van der Waals surface area contributed by atoms with E-state index in [4.69, 9.17) is 4.74 Å². The molecule has 1 saturated heterocycles. The fourth-order valence-corrected chi connectivity index (χ4v) is 3.03. The molecule has 0 unspecified atom stereocenters. The second-order valence-corrected chi connectivity index (χ2v) is 6.17. The first-order valence-electron chi connectivity index (χ1n) is 8.97. The van der Waals surface area contributed by atoms with Crippen molar-refractivity contribution in [2.45, 2.75) is 26.2 Å². The topological polar surface area (TPSA) is 71.5 Å². The quantitative estimate of drug-likeness (QED) is 0.831. The summed E-state index contributed by atoms with van der Waals surface area (Å²) in [4.78, 5) is 30.9. The van der Waals surface area contributed by atoms with Crippen LogP contribution in [0.5, 0.6) is 0 Å². The number of hydrogen-bond donors (Lipinski definition) is 1. The monoisotopic (exact) mass is 353 g/mol. The molecule has 0 aliphatic carbocycles. The van der Waals surface area contributed by atoms with Gasteiger partial charge in [-0.2, -0.15) is 0 Å². The van der Waals surface area contributed by atoms with E-state index in [0.717, 1.165) is 25.9 Å². The molecular weight excluding hydrogens is 330 g/mol. The zero-order valence-electron chi connectivity index (χ0n) is 14.9. The minimum Gasteiger partial charge on any atom is -0.462 e. The average Bonchev–Trinajstić information content (AvgIpc) is 2.69. The minimum atomic E-state index is -0.392. The first-order chi connectivity index (χ1) is 12.7. The van der Waals surface area contributed by atoms with E-state index in [1.807, 2.05) is 11.0 Å². The van der Waals surface area contributed by atoms with Gasteiger partial charge in [0.1, 0.15) is 5.82 Å². The first kappa shape index (κ1) is 17.9. The zero-order chi connectivity index (χ0) is 18.4. The highest BCUT2D eigenvalue weighted by Gasteiger charge is 2.19. The molecule has 1 aromatic heterocycles. The van der Waals surface area contributed by atoms with Crippen molar-refractivity contribution in [2.75, 3.05) is 25.0 Å². The largest absolute Gasteiger partial charge is 0.462 e. The lowest BCUT2D eigenvalue weighted by Crippen LogP contribution is -2.35. The minimum absolute atomic E-state index is 0.0221. The fourth-order valence-electron chi connectivity index (χ4n) is 3.03. The number of esters is 1. The van der Waals surface area contributed by atoms with Gasteiger partial charge < -0.3 is 15.0 Å². The smallest absolute Gasteiger partial charge is 0.340 e. The maximum absolute atomic E-state index is 12.7. The van der Waals surface area contributed by atoms with Crippen LogP contribution in [0.25, 0.3) is 0 Å². The second kappa shape index (κ2) is 8.47. The highest BCUT2D eigenvalue weighted by molar-refractivity contribution is 5.97. The number of amides is 1. The van der Waals surface area contributed by atoms with Crippen LogP contribution in [0.1, 0.15) is 46.9 Å². The number of piperidine rings is 1. The first-order valence-corrected chi connectivity index (χ1v) is 8.97. The number of nitrogens with zero attached hydrogens (tertiary/aromatic N) is 2. The number of aromatic nitrogens is 1. The van der Waals surface area contributed by atoms with Crippen molar-refractivity contribution in [3.8, 4) is 0 Å². The Kier molecular flexibility index (Phi) is 5.84. The lowest BCUT2D eigenvalue weighted by Gasteiger charge is -2.26. The maximum Gasteiger partial charge on any atom is 0.340 e. The number of para-hydroxylation sites is 1. The molecule has 3 rings (SSSR count). The van der Waals surface area contributed by atoms with Crippen molar-refractivity contribution in [3.05, 3.63) is 53.7 Å². The van der Waals surface area contributed by atoms with Crippen molar-refractivity contribution in [1.29, 1.82) is 0 Å². The summed E-state index contributed by atoms with van der Waals surface area (Å²) in [6.07, 6.45) is 4.88. The number of carbonyl (C=O) groups is 2. The summed E-state index contributed by atoms with van der Waals surface area (Å²) in [5.74, 6) is 0.148. The molecule has 2 aromatic rings. The Morgan fingerprint density at radius 3 is 2.69 bits per heavy atom. The van der Waals surface area contributed by atoms with Gasteiger partial charge in [0.05, 0.1) is 17.9 Å².